The minimum Gasteiger partial charge on any atom is -0.391 e. The molecule has 1 aliphatic carbocycles. The second-order valence-corrected chi connectivity index (χ2v) is 6.99. The van der Waals surface area contributed by atoms with E-state index in [0.717, 1.165) is 25.7 Å². The quantitative estimate of drug-likeness (QED) is 0.911. The molecule has 0 heterocycles. The summed E-state index contributed by atoms with van der Waals surface area (Å²) >= 11 is 6.02. The van der Waals surface area contributed by atoms with Gasteiger partial charge in [0.2, 0.25) is 0 Å². The molecule has 21 heavy (non-hydrogen) atoms. The second kappa shape index (κ2) is 6.64. The molecule has 1 aromatic rings. The summed E-state index contributed by atoms with van der Waals surface area (Å²) in [5, 5.41) is 11.0. The molecule has 1 saturated carbocycles. The maximum Gasteiger partial charge on any atom is 0.142 e. The first kappa shape index (κ1) is 16.7. The highest BCUT2D eigenvalue weighted by atomic mass is 35.5. The van der Waals surface area contributed by atoms with E-state index in [1.807, 2.05) is 14.1 Å². The van der Waals surface area contributed by atoms with Gasteiger partial charge < -0.3 is 10.0 Å². The first-order valence-corrected chi connectivity index (χ1v) is 8.03. The largest absolute Gasteiger partial charge is 0.391 e. The smallest absolute Gasteiger partial charge is 0.142 e. The molecule has 4 heteroatoms. The lowest BCUT2D eigenvalue weighted by Gasteiger charge is -2.48. The van der Waals surface area contributed by atoms with Gasteiger partial charge in [-0.2, -0.15) is 0 Å². The molecule has 1 N–H and O–H groups in total. The monoisotopic (exact) mass is 313 g/mol. The number of halogens is 2. The highest BCUT2D eigenvalue weighted by Crippen LogP contribution is 2.39. The van der Waals surface area contributed by atoms with Crippen LogP contribution >= 0.6 is 11.6 Å². The van der Waals surface area contributed by atoms with Crippen LogP contribution in [0.4, 0.5) is 4.39 Å². The Bertz CT molecular complexity index is 484. The summed E-state index contributed by atoms with van der Waals surface area (Å²) in [7, 11) is 4.04. The van der Waals surface area contributed by atoms with Gasteiger partial charge in [-0.3, -0.25) is 0 Å². The summed E-state index contributed by atoms with van der Waals surface area (Å²) in [5.41, 5.74) is 0.450. The van der Waals surface area contributed by atoms with Crippen LogP contribution in [-0.2, 0) is 6.42 Å². The van der Waals surface area contributed by atoms with Crippen LogP contribution in [0.1, 0.15) is 38.2 Å². The molecular weight excluding hydrogens is 289 g/mol. The number of aliphatic hydroxyl groups is 1. The van der Waals surface area contributed by atoms with Crippen LogP contribution in [0, 0.1) is 11.7 Å². The van der Waals surface area contributed by atoms with Gasteiger partial charge in [-0.1, -0.05) is 30.7 Å². The Kier molecular flexibility index (Phi) is 5.29. The lowest BCUT2D eigenvalue weighted by atomic mass is 9.72. The van der Waals surface area contributed by atoms with Crippen molar-refractivity contribution in [1.29, 1.82) is 0 Å². The third-order valence-corrected chi connectivity index (χ3v) is 5.52. The number of likely N-dealkylation sites (N-methyl/N-ethyl adjacent to an activating group) is 1. The number of hydrogen-bond donors (Lipinski definition) is 1. The second-order valence-electron chi connectivity index (χ2n) is 6.61. The molecule has 2 nitrogen and oxygen atoms in total. The van der Waals surface area contributed by atoms with Gasteiger partial charge in [0, 0.05) is 12.0 Å². The molecular formula is C17H25ClFNO. The zero-order valence-electron chi connectivity index (χ0n) is 13.1. The first-order valence-electron chi connectivity index (χ1n) is 7.65. The van der Waals surface area contributed by atoms with Crippen molar-refractivity contribution in [3.05, 3.63) is 34.6 Å². The lowest BCUT2D eigenvalue weighted by Crippen LogP contribution is -2.56. The zero-order valence-corrected chi connectivity index (χ0v) is 13.8. The van der Waals surface area contributed by atoms with E-state index in [2.05, 4.69) is 11.8 Å². The van der Waals surface area contributed by atoms with Crippen LogP contribution in [0.2, 0.25) is 5.02 Å². The zero-order chi connectivity index (χ0) is 15.6. The van der Waals surface area contributed by atoms with Crippen molar-refractivity contribution >= 4 is 11.6 Å². The van der Waals surface area contributed by atoms with Gasteiger partial charge in [-0.05, 0) is 57.3 Å². The molecule has 1 unspecified atom stereocenters. The molecule has 2 rings (SSSR count). The maximum atomic E-state index is 13.6. The number of benzene rings is 1. The van der Waals surface area contributed by atoms with Gasteiger partial charge in [0.25, 0.3) is 0 Å². The summed E-state index contributed by atoms with van der Waals surface area (Å²) in [6, 6.07) is 4.79. The van der Waals surface area contributed by atoms with Crippen LogP contribution < -0.4 is 0 Å². The topological polar surface area (TPSA) is 23.5 Å². The normalized spacial score (nSPS) is 27.9. The summed E-state index contributed by atoms with van der Waals surface area (Å²) < 4.78 is 13.6. The predicted molar refractivity (Wildman–Crippen MR) is 85.2 cm³/mol. The molecule has 0 saturated heterocycles. The Labute approximate surface area is 131 Å². The van der Waals surface area contributed by atoms with Crippen molar-refractivity contribution < 1.29 is 9.50 Å². The molecule has 1 fully saturated rings. The number of nitrogens with zero attached hydrogens (tertiary/aromatic N) is 1. The molecule has 0 amide bonds. The van der Waals surface area contributed by atoms with E-state index >= 15 is 0 Å². The van der Waals surface area contributed by atoms with Crippen molar-refractivity contribution in [2.75, 3.05) is 14.1 Å². The van der Waals surface area contributed by atoms with Crippen LogP contribution in [0.25, 0.3) is 0 Å². The van der Waals surface area contributed by atoms with Gasteiger partial charge in [-0.15, -0.1) is 0 Å². The summed E-state index contributed by atoms with van der Waals surface area (Å²) in [6.45, 7) is 2.26. The summed E-state index contributed by atoms with van der Waals surface area (Å²) in [6.07, 6.45) is 4.02. The fourth-order valence-electron chi connectivity index (χ4n) is 3.44. The van der Waals surface area contributed by atoms with Gasteiger partial charge in [-0.25, -0.2) is 4.39 Å². The Balaban J connectivity index is 2.20. The Morgan fingerprint density at radius 2 is 2.00 bits per heavy atom. The number of hydrogen-bond acceptors (Lipinski definition) is 2. The number of rotatable bonds is 4. The molecule has 0 spiro atoms. The highest BCUT2D eigenvalue weighted by molar-refractivity contribution is 6.31. The average molecular weight is 314 g/mol. The van der Waals surface area contributed by atoms with E-state index in [1.54, 1.807) is 12.1 Å². The lowest BCUT2D eigenvalue weighted by molar-refractivity contribution is -0.0382. The molecule has 1 atom stereocenters. The maximum absolute atomic E-state index is 13.6. The standard InChI is InChI=1S/C17H25ClFNO/c1-12-7-9-17(10-8-12,20(2)3)15(21)11-13-5-4-6-14(19)16(13)18/h4-6,12,15,21H,7-11H2,1-3H3. The van der Waals surface area contributed by atoms with Crippen molar-refractivity contribution in [2.24, 2.45) is 5.92 Å². The van der Waals surface area contributed by atoms with E-state index < -0.39 is 11.9 Å². The van der Waals surface area contributed by atoms with Crippen LogP contribution in [0.15, 0.2) is 18.2 Å². The van der Waals surface area contributed by atoms with E-state index in [9.17, 15) is 9.50 Å². The Morgan fingerprint density at radius 1 is 1.38 bits per heavy atom. The van der Waals surface area contributed by atoms with E-state index in [0.29, 0.717) is 17.9 Å². The fourth-order valence-corrected chi connectivity index (χ4v) is 3.65. The molecule has 0 aliphatic heterocycles. The van der Waals surface area contributed by atoms with E-state index in [4.69, 9.17) is 11.6 Å². The molecule has 118 valence electrons. The molecule has 0 radical (unpaired) electrons. The Hall–Kier alpha value is -0.640. The van der Waals surface area contributed by atoms with E-state index in [1.165, 1.54) is 6.07 Å². The first-order chi connectivity index (χ1) is 9.86. The van der Waals surface area contributed by atoms with Crippen molar-refractivity contribution in [1.82, 2.24) is 4.90 Å². The van der Waals surface area contributed by atoms with Crippen LogP contribution in [0.3, 0.4) is 0 Å². The SMILES string of the molecule is CC1CCC(C(O)Cc2cccc(F)c2Cl)(N(C)C)CC1. The average Bonchev–Trinajstić information content (AvgIpc) is 2.44. The van der Waals surface area contributed by atoms with Crippen molar-refractivity contribution in [3.8, 4) is 0 Å². The van der Waals surface area contributed by atoms with Gasteiger partial charge in [0.15, 0.2) is 0 Å². The fraction of sp³-hybridized carbons (Fsp3) is 0.647. The minimum atomic E-state index is -0.542. The molecule has 1 aliphatic rings. The summed E-state index contributed by atoms with van der Waals surface area (Å²) in [5.74, 6) is 0.292. The third kappa shape index (κ3) is 3.41. The van der Waals surface area contributed by atoms with Crippen LogP contribution in [0.5, 0.6) is 0 Å². The summed E-state index contributed by atoms with van der Waals surface area (Å²) in [4.78, 5) is 2.14. The Morgan fingerprint density at radius 3 is 2.57 bits per heavy atom. The van der Waals surface area contributed by atoms with Gasteiger partial charge in [0.05, 0.1) is 11.1 Å². The van der Waals surface area contributed by atoms with Crippen molar-refractivity contribution in [2.45, 2.75) is 50.7 Å². The molecule has 1 aromatic carbocycles. The minimum absolute atomic E-state index is 0.134. The van der Waals surface area contributed by atoms with Gasteiger partial charge >= 0.3 is 0 Å². The molecule has 0 bridgehead atoms. The van der Waals surface area contributed by atoms with Crippen molar-refractivity contribution in [3.63, 3.8) is 0 Å². The van der Waals surface area contributed by atoms with Gasteiger partial charge in [0.1, 0.15) is 5.82 Å². The highest BCUT2D eigenvalue weighted by Gasteiger charge is 2.42. The molecule has 0 aromatic heterocycles. The van der Waals surface area contributed by atoms with Crippen LogP contribution in [-0.4, -0.2) is 35.7 Å². The van der Waals surface area contributed by atoms with E-state index in [-0.39, 0.29) is 10.6 Å². The third-order valence-electron chi connectivity index (χ3n) is 5.10. The predicted octanol–water partition coefficient (Wildman–Crippen LogP) is 3.89. The number of aliphatic hydroxyl groups excluding tert-OH is 1.